The largest absolute Gasteiger partial charge is 0.534 e. The quantitative estimate of drug-likeness (QED) is 0.526. The highest BCUT2D eigenvalue weighted by Crippen LogP contribution is 2.37. The smallest absolute Gasteiger partial charge is 0.373 e. The van der Waals surface area contributed by atoms with E-state index in [1.54, 1.807) is 0 Å². The number of rotatable bonds is 3. The Morgan fingerprint density at radius 2 is 2.05 bits per heavy atom. The number of hydrogen-bond acceptors (Lipinski definition) is 5. The molecule has 11 heteroatoms. The minimum atomic E-state index is -5.93. The van der Waals surface area contributed by atoms with E-state index in [2.05, 4.69) is 14.4 Å². The molecule has 1 heterocycles. The van der Waals surface area contributed by atoms with Gasteiger partial charge in [0, 0.05) is 5.39 Å². The molecule has 0 aliphatic rings. The van der Waals surface area contributed by atoms with E-state index >= 15 is 0 Å². The maximum atomic E-state index is 12.4. The number of fused-ring (bicyclic) bond motifs is 1. The normalized spacial score (nSPS) is 12.6. The number of ketones is 1. The van der Waals surface area contributed by atoms with Gasteiger partial charge in [-0.25, -0.2) is 0 Å². The predicted octanol–water partition coefficient (Wildman–Crippen LogP) is 2.65. The number of aromatic nitrogens is 2. The van der Waals surface area contributed by atoms with Crippen molar-refractivity contribution in [2.24, 2.45) is 0 Å². The molecule has 0 saturated carbocycles. The van der Waals surface area contributed by atoms with Crippen LogP contribution in [-0.4, -0.2) is 29.9 Å². The van der Waals surface area contributed by atoms with Crippen LogP contribution in [0, 0.1) is 0 Å². The summed E-state index contributed by atoms with van der Waals surface area (Å²) in [7, 11) is -5.93. The molecule has 0 radical (unpaired) electrons. The molecule has 0 saturated heterocycles. The number of nitrogens with zero attached hydrogens (tertiary/aromatic N) is 1. The van der Waals surface area contributed by atoms with Gasteiger partial charge in [-0.15, -0.1) is 0 Å². The summed E-state index contributed by atoms with van der Waals surface area (Å²) in [5.41, 5.74) is -6.27. The van der Waals surface area contributed by atoms with Crippen LogP contribution in [0.2, 0.25) is 5.02 Å². The zero-order chi connectivity index (χ0) is 16.0. The lowest BCUT2D eigenvalue weighted by Gasteiger charge is -2.13. The lowest BCUT2D eigenvalue weighted by molar-refractivity contribution is -0.0499. The first kappa shape index (κ1) is 15.6. The maximum Gasteiger partial charge on any atom is 0.534 e. The molecule has 0 bridgehead atoms. The molecular weight excluding hydrogens is 337 g/mol. The molecule has 114 valence electrons. The van der Waals surface area contributed by atoms with Crippen molar-refractivity contribution in [3.8, 4) is 5.75 Å². The molecule has 0 atom stereocenters. The number of carbonyl (C=O) groups is 1. The number of Topliss-reactive ketones (excluding diaryl/α,β-unsaturated/α-hetero) is 1. The molecule has 6 nitrogen and oxygen atoms in total. The van der Waals surface area contributed by atoms with Crippen molar-refractivity contribution in [1.82, 2.24) is 10.2 Å². The van der Waals surface area contributed by atoms with Crippen molar-refractivity contribution in [2.75, 3.05) is 0 Å². The highest BCUT2D eigenvalue weighted by Gasteiger charge is 2.49. The first-order valence-corrected chi connectivity index (χ1v) is 7.00. The van der Waals surface area contributed by atoms with E-state index < -0.39 is 32.7 Å². The van der Waals surface area contributed by atoms with E-state index in [9.17, 15) is 26.4 Å². The van der Waals surface area contributed by atoms with Crippen molar-refractivity contribution in [1.29, 1.82) is 0 Å². The van der Waals surface area contributed by atoms with Crippen LogP contribution in [0.5, 0.6) is 5.75 Å². The molecule has 1 N–H and O–H groups in total. The van der Waals surface area contributed by atoms with Crippen LogP contribution in [-0.2, 0) is 10.1 Å². The number of halogens is 4. The highest BCUT2D eigenvalue weighted by atomic mass is 35.5. The SMILES string of the molecule is CC(=O)c1cc(Cl)c2cn[nH]c2c1OS(=O)(=O)C(F)(F)F. The monoisotopic (exact) mass is 342 g/mol. The minimum Gasteiger partial charge on any atom is -0.373 e. The Kier molecular flexibility index (Phi) is 3.62. The second-order valence-electron chi connectivity index (χ2n) is 3.93. The van der Waals surface area contributed by atoms with Gasteiger partial charge in [-0.05, 0) is 13.0 Å². The zero-order valence-electron chi connectivity index (χ0n) is 10.2. The van der Waals surface area contributed by atoms with Crippen molar-refractivity contribution in [2.45, 2.75) is 12.4 Å². The molecule has 0 spiro atoms. The Bertz CT molecular complexity index is 829. The third kappa shape index (κ3) is 2.68. The summed E-state index contributed by atoms with van der Waals surface area (Å²) in [5, 5.41) is 5.93. The van der Waals surface area contributed by atoms with Crippen molar-refractivity contribution in [3.05, 3.63) is 22.8 Å². The van der Waals surface area contributed by atoms with Gasteiger partial charge in [-0.1, -0.05) is 11.6 Å². The first-order chi connectivity index (χ1) is 9.54. The van der Waals surface area contributed by atoms with E-state index in [1.807, 2.05) is 0 Å². The fourth-order valence-electron chi connectivity index (χ4n) is 1.55. The molecule has 21 heavy (non-hydrogen) atoms. The van der Waals surface area contributed by atoms with E-state index in [0.29, 0.717) is 0 Å². The molecule has 0 aliphatic heterocycles. The lowest BCUT2D eigenvalue weighted by atomic mass is 10.1. The van der Waals surface area contributed by atoms with E-state index in [-0.39, 0.29) is 15.9 Å². The minimum absolute atomic E-state index is 0.0145. The maximum absolute atomic E-state index is 12.4. The van der Waals surface area contributed by atoms with Crippen LogP contribution in [0.25, 0.3) is 10.9 Å². The molecule has 0 unspecified atom stereocenters. The lowest BCUT2D eigenvalue weighted by Crippen LogP contribution is -2.28. The molecule has 1 aromatic carbocycles. The Balaban J connectivity index is 2.73. The third-order valence-corrected chi connectivity index (χ3v) is 3.76. The van der Waals surface area contributed by atoms with E-state index in [4.69, 9.17) is 11.6 Å². The highest BCUT2D eigenvalue weighted by molar-refractivity contribution is 7.88. The van der Waals surface area contributed by atoms with Crippen LogP contribution >= 0.6 is 11.6 Å². The van der Waals surface area contributed by atoms with Crippen LogP contribution < -0.4 is 4.18 Å². The van der Waals surface area contributed by atoms with Gasteiger partial charge in [0.1, 0.15) is 5.52 Å². The molecule has 2 rings (SSSR count). The summed E-state index contributed by atoms with van der Waals surface area (Å²) in [4.78, 5) is 11.5. The van der Waals surface area contributed by atoms with Gasteiger partial charge in [0.15, 0.2) is 11.5 Å². The number of H-pyrrole nitrogens is 1. The molecule has 2 aromatic rings. The summed E-state index contributed by atoms with van der Waals surface area (Å²) in [5.74, 6) is -1.52. The van der Waals surface area contributed by atoms with Crippen molar-refractivity contribution >= 4 is 38.4 Å². The summed E-state index contributed by atoms with van der Waals surface area (Å²) in [6.07, 6.45) is 1.16. The van der Waals surface area contributed by atoms with Gasteiger partial charge < -0.3 is 4.18 Å². The Labute approximate surface area is 121 Å². The average Bonchev–Trinajstić information content (AvgIpc) is 2.80. The summed E-state index contributed by atoms with van der Waals surface area (Å²) in [6.45, 7) is 1.03. The van der Waals surface area contributed by atoms with Crippen LogP contribution in [0.3, 0.4) is 0 Å². The summed E-state index contributed by atoms with van der Waals surface area (Å²) < 4.78 is 63.5. The van der Waals surface area contributed by atoms with Gasteiger partial charge in [0.2, 0.25) is 0 Å². The molecule has 0 aliphatic carbocycles. The number of hydrogen-bond donors (Lipinski definition) is 1. The van der Waals surface area contributed by atoms with Crippen LogP contribution in [0.4, 0.5) is 13.2 Å². The summed E-state index contributed by atoms with van der Waals surface area (Å²) >= 11 is 5.84. The predicted molar refractivity (Wildman–Crippen MR) is 66.7 cm³/mol. The van der Waals surface area contributed by atoms with Gasteiger partial charge in [-0.3, -0.25) is 9.89 Å². The van der Waals surface area contributed by atoms with Gasteiger partial charge in [-0.2, -0.15) is 26.7 Å². The number of nitrogens with one attached hydrogen (secondary N) is 1. The molecule has 0 amide bonds. The number of benzene rings is 1. The van der Waals surface area contributed by atoms with Gasteiger partial charge in [0.25, 0.3) is 0 Å². The number of aromatic amines is 1. The van der Waals surface area contributed by atoms with Gasteiger partial charge >= 0.3 is 15.6 Å². The fourth-order valence-corrected chi connectivity index (χ4v) is 2.29. The second-order valence-corrected chi connectivity index (χ2v) is 5.88. The number of alkyl halides is 3. The number of carbonyl (C=O) groups excluding carboxylic acids is 1. The van der Waals surface area contributed by atoms with Crippen molar-refractivity contribution in [3.63, 3.8) is 0 Å². The van der Waals surface area contributed by atoms with Gasteiger partial charge in [0.05, 0.1) is 16.8 Å². The van der Waals surface area contributed by atoms with Crippen LogP contribution in [0.15, 0.2) is 12.3 Å². The molecule has 1 aromatic heterocycles. The fraction of sp³-hybridized carbons (Fsp3) is 0.200. The Hall–Kier alpha value is -1.81. The Morgan fingerprint density at radius 3 is 2.57 bits per heavy atom. The second kappa shape index (κ2) is 4.88. The first-order valence-electron chi connectivity index (χ1n) is 5.22. The topological polar surface area (TPSA) is 89.1 Å². The summed E-state index contributed by atoms with van der Waals surface area (Å²) in [6, 6.07) is 1.02. The molecule has 0 fully saturated rings. The van der Waals surface area contributed by atoms with E-state index in [1.165, 1.54) is 0 Å². The zero-order valence-corrected chi connectivity index (χ0v) is 11.7. The van der Waals surface area contributed by atoms with E-state index in [0.717, 1.165) is 19.2 Å². The van der Waals surface area contributed by atoms with Crippen LogP contribution in [0.1, 0.15) is 17.3 Å². The molecular formula is C10H6ClF3N2O4S. The third-order valence-electron chi connectivity index (χ3n) is 2.50. The Morgan fingerprint density at radius 1 is 1.43 bits per heavy atom. The average molecular weight is 343 g/mol. The standard InChI is InChI=1S/C10H6ClF3N2O4S/c1-4(17)5-2-7(11)6-3-15-16-8(6)9(5)20-21(18,19)10(12,13)14/h2-3H,1H3,(H,15,16). The van der Waals surface area contributed by atoms with Crippen molar-refractivity contribution < 1.29 is 30.6 Å².